The smallest absolute Gasteiger partial charge is 0.119 e. The minimum atomic E-state index is 0.769. The largest absolute Gasteiger partial charge is 0.497 e. The van der Waals surface area contributed by atoms with Crippen LogP contribution in [0.4, 0.5) is 0 Å². The Morgan fingerprint density at radius 1 is 1.31 bits per heavy atom. The molecular weight excluding hydrogens is 198 g/mol. The molecule has 1 saturated carbocycles. The topological polar surface area (TPSA) is 21.3 Å². The number of nitrogens with one attached hydrogen (secondary N) is 1. The average molecular weight is 219 g/mol. The molecule has 88 valence electrons. The van der Waals surface area contributed by atoms with E-state index in [-0.39, 0.29) is 0 Å². The van der Waals surface area contributed by atoms with E-state index < -0.39 is 0 Å². The molecule has 2 heteroatoms. The Labute approximate surface area is 98.0 Å². The third-order valence-electron chi connectivity index (χ3n) is 3.34. The summed E-state index contributed by atoms with van der Waals surface area (Å²) in [5.74, 6) is 0.957. The van der Waals surface area contributed by atoms with Crippen LogP contribution in [0.3, 0.4) is 0 Å². The second-order valence-electron chi connectivity index (χ2n) is 4.54. The summed E-state index contributed by atoms with van der Waals surface area (Å²) in [5.41, 5.74) is 1.35. The van der Waals surface area contributed by atoms with Crippen LogP contribution in [-0.4, -0.2) is 19.7 Å². The van der Waals surface area contributed by atoms with Gasteiger partial charge in [-0.3, -0.25) is 0 Å². The summed E-state index contributed by atoms with van der Waals surface area (Å²) in [4.78, 5) is 0. The number of rotatable bonds is 5. The van der Waals surface area contributed by atoms with Crippen molar-refractivity contribution in [1.29, 1.82) is 0 Å². The average Bonchev–Trinajstić information content (AvgIpc) is 2.82. The first kappa shape index (κ1) is 11.5. The van der Waals surface area contributed by atoms with Gasteiger partial charge in [-0.05, 0) is 43.5 Å². The molecule has 0 radical (unpaired) electrons. The van der Waals surface area contributed by atoms with Crippen molar-refractivity contribution in [1.82, 2.24) is 5.32 Å². The molecule has 0 unspecified atom stereocenters. The number of benzene rings is 1. The Kier molecular flexibility index (Phi) is 4.23. The Morgan fingerprint density at radius 3 is 2.88 bits per heavy atom. The predicted molar refractivity (Wildman–Crippen MR) is 67.0 cm³/mol. The highest BCUT2D eigenvalue weighted by atomic mass is 16.5. The molecule has 0 aromatic heterocycles. The molecule has 0 bridgehead atoms. The van der Waals surface area contributed by atoms with Crippen LogP contribution in [0.25, 0.3) is 0 Å². The first-order valence-corrected chi connectivity index (χ1v) is 6.25. The normalized spacial score (nSPS) is 16.6. The van der Waals surface area contributed by atoms with Crippen LogP contribution in [0.2, 0.25) is 0 Å². The zero-order valence-corrected chi connectivity index (χ0v) is 10.0. The summed E-state index contributed by atoms with van der Waals surface area (Å²) in [6.45, 7) is 1.08. The van der Waals surface area contributed by atoms with Gasteiger partial charge < -0.3 is 10.1 Å². The van der Waals surface area contributed by atoms with Crippen LogP contribution in [0.1, 0.15) is 31.2 Å². The lowest BCUT2D eigenvalue weighted by Gasteiger charge is -2.11. The Balaban J connectivity index is 1.75. The monoisotopic (exact) mass is 219 g/mol. The van der Waals surface area contributed by atoms with E-state index in [4.69, 9.17) is 4.74 Å². The fraction of sp³-hybridized carbons (Fsp3) is 0.571. The Hall–Kier alpha value is -1.02. The standard InChI is InChI=1S/C14H21NO/c1-16-14-8-4-5-12(11-14)9-10-15-13-6-2-3-7-13/h4-5,8,11,13,15H,2-3,6-7,9-10H2,1H3. The maximum atomic E-state index is 5.21. The maximum Gasteiger partial charge on any atom is 0.119 e. The van der Waals surface area contributed by atoms with Crippen molar-refractivity contribution in [2.75, 3.05) is 13.7 Å². The van der Waals surface area contributed by atoms with Gasteiger partial charge in [-0.25, -0.2) is 0 Å². The van der Waals surface area contributed by atoms with Crippen molar-refractivity contribution in [3.8, 4) is 5.75 Å². The molecule has 1 aliphatic rings. The van der Waals surface area contributed by atoms with Gasteiger partial charge in [0, 0.05) is 6.04 Å². The minimum absolute atomic E-state index is 0.769. The molecule has 0 aliphatic heterocycles. The predicted octanol–water partition coefficient (Wildman–Crippen LogP) is 2.77. The van der Waals surface area contributed by atoms with Crippen LogP contribution in [0, 0.1) is 0 Å². The number of ether oxygens (including phenoxy) is 1. The Bertz CT molecular complexity index is 318. The van der Waals surface area contributed by atoms with E-state index >= 15 is 0 Å². The first-order valence-electron chi connectivity index (χ1n) is 6.25. The second kappa shape index (κ2) is 5.90. The van der Waals surface area contributed by atoms with Crippen molar-refractivity contribution < 1.29 is 4.74 Å². The van der Waals surface area contributed by atoms with Gasteiger partial charge in [-0.2, -0.15) is 0 Å². The first-order chi connectivity index (χ1) is 7.88. The van der Waals surface area contributed by atoms with Crippen LogP contribution < -0.4 is 10.1 Å². The van der Waals surface area contributed by atoms with Gasteiger partial charge in [-0.1, -0.05) is 25.0 Å². The number of hydrogen-bond donors (Lipinski definition) is 1. The van der Waals surface area contributed by atoms with E-state index in [9.17, 15) is 0 Å². The van der Waals surface area contributed by atoms with E-state index in [0.29, 0.717) is 0 Å². The molecule has 1 N–H and O–H groups in total. The highest BCUT2D eigenvalue weighted by Gasteiger charge is 2.13. The van der Waals surface area contributed by atoms with Crippen LogP contribution in [0.5, 0.6) is 5.75 Å². The van der Waals surface area contributed by atoms with Crippen LogP contribution >= 0.6 is 0 Å². The summed E-state index contributed by atoms with van der Waals surface area (Å²) >= 11 is 0. The van der Waals surface area contributed by atoms with Gasteiger partial charge in [-0.15, -0.1) is 0 Å². The number of hydrogen-bond acceptors (Lipinski definition) is 2. The number of methoxy groups -OCH3 is 1. The fourth-order valence-corrected chi connectivity index (χ4v) is 2.38. The Morgan fingerprint density at radius 2 is 2.12 bits per heavy atom. The second-order valence-corrected chi connectivity index (χ2v) is 4.54. The lowest BCUT2D eigenvalue weighted by molar-refractivity contribution is 0.414. The summed E-state index contributed by atoms with van der Waals surface area (Å²) < 4.78 is 5.21. The lowest BCUT2D eigenvalue weighted by atomic mass is 10.1. The van der Waals surface area contributed by atoms with Gasteiger partial charge >= 0.3 is 0 Å². The minimum Gasteiger partial charge on any atom is -0.497 e. The van der Waals surface area contributed by atoms with Crippen LogP contribution in [-0.2, 0) is 6.42 Å². The van der Waals surface area contributed by atoms with Gasteiger partial charge in [0.25, 0.3) is 0 Å². The van der Waals surface area contributed by atoms with Crippen molar-refractivity contribution in [3.63, 3.8) is 0 Å². The molecule has 1 aromatic carbocycles. The van der Waals surface area contributed by atoms with Crippen molar-refractivity contribution in [2.45, 2.75) is 38.1 Å². The molecule has 2 nitrogen and oxygen atoms in total. The molecule has 0 spiro atoms. The molecule has 0 amide bonds. The molecular formula is C14H21NO. The molecule has 1 aliphatic carbocycles. The van der Waals surface area contributed by atoms with Gasteiger partial charge in [0.15, 0.2) is 0 Å². The summed E-state index contributed by atoms with van der Waals surface area (Å²) in [6, 6.07) is 9.11. The van der Waals surface area contributed by atoms with Gasteiger partial charge in [0.2, 0.25) is 0 Å². The van der Waals surface area contributed by atoms with Gasteiger partial charge in [0.05, 0.1) is 7.11 Å². The molecule has 2 rings (SSSR count). The van der Waals surface area contributed by atoms with E-state index in [0.717, 1.165) is 24.8 Å². The van der Waals surface area contributed by atoms with E-state index in [1.807, 2.05) is 6.07 Å². The quantitative estimate of drug-likeness (QED) is 0.822. The summed E-state index contributed by atoms with van der Waals surface area (Å²) in [7, 11) is 1.72. The third kappa shape index (κ3) is 3.24. The summed E-state index contributed by atoms with van der Waals surface area (Å²) in [6.07, 6.45) is 6.61. The van der Waals surface area contributed by atoms with Crippen molar-refractivity contribution in [2.24, 2.45) is 0 Å². The molecule has 0 atom stereocenters. The maximum absolute atomic E-state index is 5.21. The van der Waals surface area contributed by atoms with E-state index in [1.54, 1.807) is 7.11 Å². The highest BCUT2D eigenvalue weighted by molar-refractivity contribution is 5.28. The fourth-order valence-electron chi connectivity index (χ4n) is 2.38. The molecule has 1 aromatic rings. The van der Waals surface area contributed by atoms with E-state index in [1.165, 1.54) is 31.2 Å². The van der Waals surface area contributed by atoms with Gasteiger partial charge in [0.1, 0.15) is 5.75 Å². The summed E-state index contributed by atoms with van der Waals surface area (Å²) in [5, 5.41) is 3.63. The molecule has 0 saturated heterocycles. The van der Waals surface area contributed by atoms with E-state index in [2.05, 4.69) is 23.5 Å². The van der Waals surface area contributed by atoms with Crippen LogP contribution in [0.15, 0.2) is 24.3 Å². The highest BCUT2D eigenvalue weighted by Crippen LogP contribution is 2.18. The lowest BCUT2D eigenvalue weighted by Crippen LogP contribution is -2.27. The third-order valence-corrected chi connectivity index (χ3v) is 3.34. The SMILES string of the molecule is COc1cccc(CCNC2CCCC2)c1. The van der Waals surface area contributed by atoms with Crippen molar-refractivity contribution in [3.05, 3.63) is 29.8 Å². The molecule has 0 heterocycles. The zero-order chi connectivity index (χ0) is 11.2. The molecule has 16 heavy (non-hydrogen) atoms. The van der Waals surface area contributed by atoms with Crippen molar-refractivity contribution >= 4 is 0 Å². The molecule has 1 fully saturated rings. The zero-order valence-electron chi connectivity index (χ0n) is 10.0.